The van der Waals surface area contributed by atoms with E-state index in [1.165, 1.54) is 5.56 Å². The predicted octanol–water partition coefficient (Wildman–Crippen LogP) is 3.51. The van der Waals surface area contributed by atoms with Crippen LogP contribution in [0.4, 0.5) is 0 Å². The van der Waals surface area contributed by atoms with Crippen LogP contribution in [-0.2, 0) is 12.1 Å². The van der Waals surface area contributed by atoms with Gasteiger partial charge in [0, 0.05) is 28.4 Å². The molecule has 0 atom stereocenters. The van der Waals surface area contributed by atoms with Crippen LogP contribution in [0.25, 0.3) is 0 Å². The van der Waals surface area contributed by atoms with Crippen LogP contribution >= 0.6 is 15.9 Å². The summed E-state index contributed by atoms with van der Waals surface area (Å²) >= 11 is 3.46. The van der Waals surface area contributed by atoms with Gasteiger partial charge in [-0.15, -0.1) is 0 Å². The number of nitrogens with zero attached hydrogens (tertiary/aromatic N) is 1. The summed E-state index contributed by atoms with van der Waals surface area (Å²) in [4.78, 5) is 7.43. The Kier molecular flexibility index (Phi) is 3.88. The Hall–Kier alpha value is -1.13. The Morgan fingerprint density at radius 3 is 2.50 bits per heavy atom. The first-order valence-corrected chi connectivity index (χ1v) is 6.78. The molecule has 1 heterocycles. The molecule has 4 heteroatoms. The molecule has 2 rings (SSSR count). The van der Waals surface area contributed by atoms with Gasteiger partial charge in [0.15, 0.2) is 0 Å². The summed E-state index contributed by atoms with van der Waals surface area (Å²) in [6.45, 7) is 7.10. The first kappa shape index (κ1) is 13.3. The maximum Gasteiger partial charge on any atom is 0.103 e. The minimum atomic E-state index is -0.0697. The van der Waals surface area contributed by atoms with Gasteiger partial charge in [0.05, 0.1) is 0 Å². The fourth-order valence-corrected chi connectivity index (χ4v) is 2.11. The van der Waals surface area contributed by atoms with Crippen molar-refractivity contribution < 1.29 is 0 Å². The molecule has 2 N–H and O–H groups in total. The van der Waals surface area contributed by atoms with E-state index in [1.807, 2.05) is 13.1 Å². The number of nitrogens with one attached hydrogen (secondary N) is 2. The molecule has 0 aliphatic carbocycles. The number of H-pyrrole nitrogens is 1. The largest absolute Gasteiger partial charge is 0.345 e. The van der Waals surface area contributed by atoms with Crippen LogP contribution in [0, 0.1) is 6.92 Å². The molecule has 0 fully saturated rings. The highest BCUT2D eigenvalue weighted by molar-refractivity contribution is 9.10. The molecule has 0 radical (unpaired) electrons. The van der Waals surface area contributed by atoms with Gasteiger partial charge in [-0.25, -0.2) is 4.98 Å². The molecule has 0 amide bonds. The van der Waals surface area contributed by atoms with Crippen molar-refractivity contribution in [3.8, 4) is 0 Å². The number of aromatic amines is 1. The molecule has 18 heavy (non-hydrogen) atoms. The Labute approximate surface area is 116 Å². The number of imidazole rings is 1. The number of benzene rings is 1. The molecule has 0 saturated heterocycles. The maximum absolute atomic E-state index is 4.20. The highest BCUT2D eigenvalue weighted by Gasteiger charge is 2.19. The molecule has 1 aromatic carbocycles. The Bertz CT molecular complexity index is 514. The highest BCUT2D eigenvalue weighted by atomic mass is 79.9. The average molecular weight is 308 g/mol. The Morgan fingerprint density at radius 2 is 1.94 bits per heavy atom. The zero-order chi connectivity index (χ0) is 13.2. The monoisotopic (exact) mass is 307 g/mol. The van der Waals surface area contributed by atoms with E-state index in [-0.39, 0.29) is 5.54 Å². The van der Waals surface area contributed by atoms with Gasteiger partial charge in [0.25, 0.3) is 0 Å². The fraction of sp³-hybridized carbons (Fsp3) is 0.357. The second-order valence-corrected chi connectivity index (χ2v) is 5.89. The molecule has 3 nitrogen and oxygen atoms in total. The van der Waals surface area contributed by atoms with E-state index < -0.39 is 0 Å². The van der Waals surface area contributed by atoms with Crippen molar-refractivity contribution in [2.75, 3.05) is 0 Å². The van der Waals surface area contributed by atoms with Gasteiger partial charge >= 0.3 is 0 Å². The van der Waals surface area contributed by atoms with Crippen molar-refractivity contribution in [3.05, 3.63) is 52.0 Å². The molecule has 0 unspecified atom stereocenters. The number of hydrogen-bond donors (Lipinski definition) is 2. The van der Waals surface area contributed by atoms with E-state index >= 15 is 0 Å². The molecule has 0 spiro atoms. The summed E-state index contributed by atoms with van der Waals surface area (Å²) in [5, 5.41) is 3.54. The lowest BCUT2D eigenvalue weighted by molar-refractivity contribution is 0.399. The molecule has 96 valence electrons. The molecule has 0 saturated carbocycles. The topological polar surface area (TPSA) is 40.7 Å². The van der Waals surface area contributed by atoms with Gasteiger partial charge in [-0.3, -0.25) is 0 Å². The molecule has 0 bridgehead atoms. The number of aryl methyl sites for hydroxylation is 1. The van der Waals surface area contributed by atoms with Crippen LogP contribution in [0.2, 0.25) is 0 Å². The molecule has 0 aliphatic heterocycles. The lowest BCUT2D eigenvalue weighted by Gasteiger charge is -2.27. The standard InChI is InChI=1S/C14H18BrN3/c1-10-16-8-13(18-10)9-17-14(2,3)11-4-6-12(15)7-5-11/h4-8,17H,9H2,1-3H3,(H,16,18). The second-order valence-electron chi connectivity index (χ2n) is 4.98. The number of halogens is 1. The second kappa shape index (κ2) is 5.24. The van der Waals surface area contributed by atoms with Crippen LogP contribution < -0.4 is 5.32 Å². The highest BCUT2D eigenvalue weighted by Crippen LogP contribution is 2.22. The van der Waals surface area contributed by atoms with Gasteiger partial charge < -0.3 is 10.3 Å². The van der Waals surface area contributed by atoms with Crippen molar-refractivity contribution in [2.24, 2.45) is 0 Å². The smallest absolute Gasteiger partial charge is 0.103 e. The van der Waals surface area contributed by atoms with Crippen molar-refractivity contribution >= 4 is 15.9 Å². The molecular weight excluding hydrogens is 290 g/mol. The number of hydrogen-bond acceptors (Lipinski definition) is 2. The lowest BCUT2D eigenvalue weighted by Crippen LogP contribution is -2.36. The van der Waals surface area contributed by atoms with Crippen molar-refractivity contribution in [2.45, 2.75) is 32.9 Å². The van der Waals surface area contributed by atoms with Gasteiger partial charge in [-0.05, 0) is 38.5 Å². The minimum absolute atomic E-state index is 0.0697. The third kappa shape index (κ3) is 3.21. The van der Waals surface area contributed by atoms with Crippen LogP contribution in [-0.4, -0.2) is 9.97 Å². The van der Waals surface area contributed by atoms with Crippen LogP contribution in [0.3, 0.4) is 0 Å². The van der Waals surface area contributed by atoms with E-state index in [4.69, 9.17) is 0 Å². The quantitative estimate of drug-likeness (QED) is 0.907. The van der Waals surface area contributed by atoms with Crippen LogP contribution in [0.1, 0.15) is 30.9 Å². The Morgan fingerprint density at radius 1 is 1.28 bits per heavy atom. The summed E-state index contributed by atoms with van der Waals surface area (Å²) in [5.41, 5.74) is 2.30. The lowest BCUT2D eigenvalue weighted by atomic mass is 9.94. The van der Waals surface area contributed by atoms with Gasteiger partial charge in [0.1, 0.15) is 5.82 Å². The Balaban J connectivity index is 2.04. The summed E-state index contributed by atoms with van der Waals surface area (Å²) in [6.07, 6.45) is 1.87. The van der Waals surface area contributed by atoms with E-state index in [0.717, 1.165) is 22.5 Å². The van der Waals surface area contributed by atoms with Gasteiger partial charge in [-0.1, -0.05) is 28.1 Å². The van der Waals surface area contributed by atoms with Crippen molar-refractivity contribution in [1.29, 1.82) is 0 Å². The van der Waals surface area contributed by atoms with Crippen molar-refractivity contribution in [1.82, 2.24) is 15.3 Å². The third-order valence-electron chi connectivity index (χ3n) is 3.04. The van der Waals surface area contributed by atoms with E-state index in [2.05, 4.69) is 69.3 Å². The fourth-order valence-electron chi connectivity index (χ4n) is 1.85. The molecule has 0 aliphatic rings. The van der Waals surface area contributed by atoms with E-state index in [0.29, 0.717) is 0 Å². The third-order valence-corrected chi connectivity index (χ3v) is 3.57. The molecular formula is C14H18BrN3. The number of aromatic nitrogens is 2. The predicted molar refractivity (Wildman–Crippen MR) is 77.3 cm³/mol. The summed E-state index contributed by atoms with van der Waals surface area (Å²) in [5.74, 6) is 0.952. The zero-order valence-electron chi connectivity index (χ0n) is 10.9. The average Bonchev–Trinajstić information content (AvgIpc) is 2.73. The molecule has 2 aromatic rings. The van der Waals surface area contributed by atoms with Crippen LogP contribution in [0.15, 0.2) is 34.9 Å². The zero-order valence-corrected chi connectivity index (χ0v) is 12.5. The SMILES string of the molecule is Cc1ncc(CNC(C)(C)c2ccc(Br)cc2)[nH]1. The first-order chi connectivity index (χ1) is 8.47. The van der Waals surface area contributed by atoms with Crippen molar-refractivity contribution in [3.63, 3.8) is 0 Å². The summed E-state index contributed by atoms with van der Waals surface area (Å²) in [7, 11) is 0. The summed E-state index contributed by atoms with van der Waals surface area (Å²) in [6, 6.07) is 8.41. The first-order valence-electron chi connectivity index (χ1n) is 5.99. The van der Waals surface area contributed by atoms with Crippen LogP contribution in [0.5, 0.6) is 0 Å². The van der Waals surface area contributed by atoms with E-state index in [1.54, 1.807) is 0 Å². The normalized spacial score (nSPS) is 11.8. The summed E-state index contributed by atoms with van der Waals surface area (Å²) < 4.78 is 1.10. The molecule has 1 aromatic heterocycles. The number of rotatable bonds is 4. The van der Waals surface area contributed by atoms with Gasteiger partial charge in [-0.2, -0.15) is 0 Å². The maximum atomic E-state index is 4.20. The van der Waals surface area contributed by atoms with E-state index in [9.17, 15) is 0 Å². The van der Waals surface area contributed by atoms with Gasteiger partial charge in [0.2, 0.25) is 0 Å². The minimum Gasteiger partial charge on any atom is -0.345 e.